The molecule has 0 aromatic rings. The Morgan fingerprint density at radius 3 is 1.40 bits per heavy atom. The van der Waals surface area contributed by atoms with Crippen LogP contribution in [0.25, 0.3) is 0 Å². The van der Waals surface area contributed by atoms with Gasteiger partial charge in [0.15, 0.2) is 0 Å². The highest BCUT2D eigenvalue weighted by Crippen LogP contribution is 1.98. The van der Waals surface area contributed by atoms with Crippen LogP contribution in [0.5, 0.6) is 0 Å². The standard InChI is InChI=1S/C2H2Cl2.CH4/c1-2(3)4;/h1H2;1H4. The van der Waals surface area contributed by atoms with E-state index in [9.17, 15) is 0 Å². The van der Waals surface area contributed by atoms with Gasteiger partial charge < -0.3 is 0 Å². The van der Waals surface area contributed by atoms with Crippen LogP contribution in [-0.2, 0) is 0 Å². The number of hydrogen-bond acceptors (Lipinski definition) is 0. The zero-order valence-electron chi connectivity index (χ0n) is 1.96. The Balaban J connectivity index is 0. The van der Waals surface area contributed by atoms with Crippen molar-refractivity contribution in [1.82, 2.24) is 0 Å². The van der Waals surface area contributed by atoms with Crippen molar-refractivity contribution < 1.29 is 0 Å². The van der Waals surface area contributed by atoms with E-state index in [1.807, 2.05) is 0 Å². The molecule has 0 heterocycles. The van der Waals surface area contributed by atoms with Gasteiger partial charge in [0, 0.05) is 0 Å². The second-order valence-corrected chi connectivity index (χ2v) is 1.44. The van der Waals surface area contributed by atoms with Crippen LogP contribution < -0.4 is 0 Å². The lowest BCUT2D eigenvalue weighted by atomic mass is 11.3. The molecule has 0 aliphatic heterocycles. The molecule has 0 bridgehead atoms. The molecule has 32 valence electrons. The lowest BCUT2D eigenvalue weighted by Crippen LogP contribution is -1.24. The minimum atomic E-state index is 0. The molecule has 0 nitrogen and oxygen atoms in total. The molecular weight excluding hydrogens is 107 g/mol. The largest absolute Gasteiger partial charge is 0.0992 e. The summed E-state index contributed by atoms with van der Waals surface area (Å²) in [5.74, 6) is 0. The summed E-state index contributed by atoms with van der Waals surface area (Å²) in [5.41, 5.74) is 0. The second-order valence-electron chi connectivity index (χ2n) is 0.339. The zero-order chi connectivity index (χ0) is 3.58. The van der Waals surface area contributed by atoms with Crippen LogP contribution in [0.15, 0.2) is 11.1 Å². The van der Waals surface area contributed by atoms with E-state index in [1.165, 1.54) is 0 Å². The lowest BCUT2D eigenvalue weighted by Gasteiger charge is -1.57. The van der Waals surface area contributed by atoms with Crippen LogP contribution >= 0.6 is 23.2 Å². The third-order valence-electron chi connectivity index (χ3n) is 0. The molecule has 5 heavy (non-hydrogen) atoms. The summed E-state index contributed by atoms with van der Waals surface area (Å²) in [6.07, 6.45) is 0. The summed E-state index contributed by atoms with van der Waals surface area (Å²) in [5, 5.41) is 0. The highest BCUT2D eigenvalue weighted by molar-refractivity contribution is 6.55. The molecule has 0 aliphatic carbocycles. The van der Waals surface area contributed by atoms with E-state index in [0.29, 0.717) is 0 Å². The van der Waals surface area contributed by atoms with Gasteiger partial charge in [-0.05, 0) is 0 Å². The Morgan fingerprint density at radius 2 is 1.40 bits per heavy atom. The fourth-order valence-corrected chi connectivity index (χ4v) is 0. The van der Waals surface area contributed by atoms with Crippen molar-refractivity contribution in [1.29, 1.82) is 0 Å². The Kier molecular flexibility index (Phi) is 7.78. The molecule has 0 N–H and O–H groups in total. The van der Waals surface area contributed by atoms with Gasteiger partial charge in [-0.2, -0.15) is 0 Å². The maximum Gasteiger partial charge on any atom is 0.0992 e. The van der Waals surface area contributed by atoms with Crippen molar-refractivity contribution in [2.24, 2.45) is 0 Å². The van der Waals surface area contributed by atoms with Crippen molar-refractivity contribution in [3.63, 3.8) is 0 Å². The van der Waals surface area contributed by atoms with Crippen molar-refractivity contribution >= 4 is 23.2 Å². The average molecular weight is 113 g/mol. The maximum atomic E-state index is 4.85. The molecule has 0 atom stereocenters. The van der Waals surface area contributed by atoms with Crippen molar-refractivity contribution in [3.8, 4) is 0 Å². The van der Waals surface area contributed by atoms with Crippen LogP contribution in [0.1, 0.15) is 7.43 Å². The van der Waals surface area contributed by atoms with Gasteiger partial charge in [-0.3, -0.25) is 0 Å². The Bertz CT molecular complexity index is 27.9. The number of halogens is 2. The van der Waals surface area contributed by atoms with Gasteiger partial charge in [0.05, 0.1) is 4.49 Å². The molecule has 2 heteroatoms. The van der Waals surface area contributed by atoms with E-state index < -0.39 is 0 Å². The fourth-order valence-electron chi connectivity index (χ4n) is 0. The predicted octanol–water partition coefficient (Wildman–Crippen LogP) is 2.57. The van der Waals surface area contributed by atoms with E-state index in [4.69, 9.17) is 23.2 Å². The molecule has 0 radical (unpaired) electrons. The predicted molar refractivity (Wildman–Crippen MR) is 27.6 cm³/mol. The molecule has 0 rings (SSSR count). The molecule has 0 amide bonds. The van der Waals surface area contributed by atoms with Gasteiger partial charge in [-0.15, -0.1) is 0 Å². The average Bonchev–Trinajstić information content (AvgIpc) is 0.811. The summed E-state index contributed by atoms with van der Waals surface area (Å²) >= 11 is 9.69. The molecule has 0 aromatic carbocycles. The molecule has 0 aliphatic rings. The summed E-state index contributed by atoms with van der Waals surface area (Å²) in [7, 11) is 0. The summed E-state index contributed by atoms with van der Waals surface area (Å²) < 4.78 is 0.111. The Morgan fingerprint density at radius 1 is 1.40 bits per heavy atom. The Hall–Kier alpha value is 0.320. The molecule has 0 unspecified atom stereocenters. The van der Waals surface area contributed by atoms with Crippen molar-refractivity contribution in [2.45, 2.75) is 7.43 Å². The zero-order valence-corrected chi connectivity index (χ0v) is 3.47. The van der Waals surface area contributed by atoms with Crippen LogP contribution in [0.2, 0.25) is 0 Å². The minimum Gasteiger partial charge on any atom is -0.0776 e. The maximum absolute atomic E-state index is 4.85. The smallest absolute Gasteiger partial charge is 0.0776 e. The molecule has 0 saturated carbocycles. The van der Waals surface area contributed by atoms with Crippen molar-refractivity contribution in [2.75, 3.05) is 0 Å². The first-order valence-corrected chi connectivity index (χ1v) is 1.49. The van der Waals surface area contributed by atoms with Gasteiger partial charge in [0.25, 0.3) is 0 Å². The first-order valence-electron chi connectivity index (χ1n) is 0.732. The van der Waals surface area contributed by atoms with E-state index in [2.05, 4.69) is 6.58 Å². The van der Waals surface area contributed by atoms with Crippen molar-refractivity contribution in [3.05, 3.63) is 11.1 Å². The van der Waals surface area contributed by atoms with Crippen LogP contribution in [-0.4, -0.2) is 0 Å². The number of rotatable bonds is 0. The first kappa shape index (κ1) is 9.01. The van der Waals surface area contributed by atoms with E-state index in [1.54, 1.807) is 0 Å². The third-order valence-corrected chi connectivity index (χ3v) is 0. The van der Waals surface area contributed by atoms with E-state index >= 15 is 0 Å². The van der Waals surface area contributed by atoms with Gasteiger partial charge in [-0.1, -0.05) is 37.2 Å². The highest BCUT2D eigenvalue weighted by Gasteiger charge is 1.60. The molecule has 0 saturated heterocycles. The summed E-state index contributed by atoms with van der Waals surface area (Å²) in [6, 6.07) is 0. The fraction of sp³-hybridized carbons (Fsp3) is 0.333. The van der Waals surface area contributed by atoms with Gasteiger partial charge >= 0.3 is 0 Å². The second kappa shape index (κ2) is 4.32. The van der Waals surface area contributed by atoms with Crippen LogP contribution in [0.3, 0.4) is 0 Å². The molecule has 0 aromatic heterocycles. The highest BCUT2D eigenvalue weighted by atomic mass is 35.5. The van der Waals surface area contributed by atoms with E-state index in [0.717, 1.165) is 0 Å². The monoisotopic (exact) mass is 112 g/mol. The van der Waals surface area contributed by atoms with E-state index in [-0.39, 0.29) is 11.9 Å². The lowest BCUT2D eigenvalue weighted by molar-refractivity contribution is 2.45. The SMILES string of the molecule is C.C=C(Cl)Cl. The molecule has 0 spiro atoms. The third kappa shape index (κ3) is 227. The number of hydrogen-bond donors (Lipinski definition) is 0. The minimum absolute atomic E-state index is 0. The molecular formula is C3H6Cl2. The van der Waals surface area contributed by atoms with Crippen LogP contribution in [0, 0.1) is 0 Å². The Labute approximate surface area is 42.4 Å². The van der Waals surface area contributed by atoms with Gasteiger partial charge in [0.1, 0.15) is 0 Å². The normalized spacial score (nSPS) is 5.20. The van der Waals surface area contributed by atoms with Gasteiger partial charge in [0.2, 0.25) is 0 Å². The van der Waals surface area contributed by atoms with Crippen LogP contribution in [0.4, 0.5) is 0 Å². The topological polar surface area (TPSA) is 0 Å². The summed E-state index contributed by atoms with van der Waals surface area (Å²) in [6.45, 7) is 3.09. The quantitative estimate of drug-likeness (QED) is 0.452. The molecule has 0 fully saturated rings. The van der Waals surface area contributed by atoms with Gasteiger partial charge in [-0.25, -0.2) is 0 Å². The summed E-state index contributed by atoms with van der Waals surface area (Å²) in [4.78, 5) is 0. The first-order chi connectivity index (χ1) is 1.73.